The number of nitrogens with two attached hydrogens (primary N) is 1. The number of halogens is 1. The number of hydrogen-bond donors (Lipinski definition) is 2. The van der Waals surface area contributed by atoms with Gasteiger partial charge in [0.25, 0.3) is 0 Å². The van der Waals surface area contributed by atoms with Gasteiger partial charge in [0.2, 0.25) is 14.2 Å². The highest BCUT2D eigenvalue weighted by atomic mass is 28.4. The summed E-state index contributed by atoms with van der Waals surface area (Å²) in [6.07, 6.45) is -2.98. The Morgan fingerprint density at radius 2 is 1.40 bits per heavy atom. The molecule has 0 spiro atoms. The third-order valence-corrected chi connectivity index (χ3v) is 21.4. The molecule has 0 radical (unpaired) electrons. The van der Waals surface area contributed by atoms with Crippen molar-refractivity contribution in [2.24, 2.45) is 0 Å². The largest absolute Gasteiger partial charge is 0.492 e. The molecule has 0 amide bonds. The Balaban J connectivity index is 2.10. The third kappa shape index (κ3) is 5.46. The van der Waals surface area contributed by atoms with E-state index in [9.17, 15) is 5.11 Å². The zero-order valence-corrected chi connectivity index (χ0v) is 28.5. The number of nitrogen functional groups attached to an aromatic ring is 1. The fourth-order valence-electron chi connectivity index (χ4n) is 7.69. The maximum atomic E-state index is 16.8. The maximum absolute atomic E-state index is 16.8. The summed E-state index contributed by atoms with van der Waals surface area (Å²) in [7, 11) is -4.76. The summed E-state index contributed by atoms with van der Waals surface area (Å²) in [6, 6.07) is 0. The molecule has 3 heterocycles. The second-order valence-electron chi connectivity index (χ2n) is 13.3. The van der Waals surface area contributed by atoms with Gasteiger partial charge in [-0.1, -0.05) is 83.1 Å². The van der Waals surface area contributed by atoms with E-state index in [2.05, 4.69) is 98.2 Å². The van der Waals surface area contributed by atoms with Gasteiger partial charge in [-0.05, 0) is 33.2 Å². The van der Waals surface area contributed by atoms with Crippen LogP contribution >= 0.6 is 0 Å². The van der Waals surface area contributed by atoms with E-state index >= 15 is 4.39 Å². The fraction of sp³-hybridized carbons (Fsp3) is 0.821. The van der Waals surface area contributed by atoms with Crippen molar-refractivity contribution in [3.63, 3.8) is 0 Å². The topological polar surface area (TPSA) is 118 Å². The number of aromatic nitrogens is 4. The van der Waals surface area contributed by atoms with Crippen molar-refractivity contribution in [3.8, 4) is 5.88 Å². The monoisotopic (exact) mass is 597 g/mol. The first-order chi connectivity index (χ1) is 18.5. The molecule has 3 rings (SSSR count). The molecule has 3 N–H and O–H groups in total. The zero-order chi connectivity index (χ0) is 30.3. The lowest BCUT2D eigenvalue weighted by Gasteiger charge is -2.46. The second kappa shape index (κ2) is 12.3. The number of nitrogens with zero attached hydrogens (tertiary/aromatic N) is 4. The summed E-state index contributed by atoms with van der Waals surface area (Å²) < 4.78 is 38.5. The maximum Gasteiger partial charge on any atom is 0.243 e. The van der Waals surface area contributed by atoms with Gasteiger partial charge in [0.05, 0.1) is 6.61 Å². The number of aromatic hydroxyl groups is 1. The second-order valence-corrected chi connectivity index (χ2v) is 24.1. The van der Waals surface area contributed by atoms with Gasteiger partial charge in [-0.2, -0.15) is 0 Å². The number of alkyl halides is 1. The molecule has 228 valence electrons. The van der Waals surface area contributed by atoms with E-state index in [-0.39, 0.29) is 46.0 Å². The first kappa shape index (κ1) is 32.9. The van der Waals surface area contributed by atoms with Gasteiger partial charge in [-0.15, -0.1) is 5.10 Å². The Labute approximate surface area is 241 Å². The average Bonchev–Trinajstić information content (AvgIpc) is 3.33. The molecular weight excluding hydrogens is 546 g/mol. The molecule has 2 aromatic heterocycles. The average molecular weight is 598 g/mol. The standard InChI is InChI=1S/C28H52FN5O4Si2/c1-15(2)39(16(3)4,17(5)6)36-13-21-24(38-40(18(7)8,19(9)10)20(11)12)23(29)28(37-21)34-26-22(27(35)33-34)25(30)31-14-32-26/h14-21,23-24,28H,13H2,1-12H3,(H,33,35)(H2,30,31,32)/t21-,23-,24-,28-/m0/s1. The molecule has 9 nitrogen and oxygen atoms in total. The minimum absolute atomic E-state index is 0.0715. The molecule has 1 aliphatic rings. The van der Waals surface area contributed by atoms with Crippen LogP contribution in [0.3, 0.4) is 0 Å². The molecule has 0 bridgehead atoms. The predicted octanol–water partition coefficient (Wildman–Crippen LogP) is 7.10. The van der Waals surface area contributed by atoms with Crippen LogP contribution in [0.2, 0.25) is 33.2 Å². The van der Waals surface area contributed by atoms with Crippen molar-refractivity contribution in [1.82, 2.24) is 19.7 Å². The summed E-state index contributed by atoms with van der Waals surface area (Å²) in [5, 5.41) is 14.9. The quantitative estimate of drug-likeness (QED) is 0.249. The van der Waals surface area contributed by atoms with Crippen LogP contribution in [0.5, 0.6) is 5.88 Å². The normalized spacial score (nSPS) is 22.9. The van der Waals surface area contributed by atoms with Crippen LogP contribution in [0.1, 0.15) is 89.3 Å². The molecule has 4 atom stereocenters. The smallest absolute Gasteiger partial charge is 0.243 e. The van der Waals surface area contributed by atoms with E-state index in [1.54, 1.807) is 0 Å². The van der Waals surface area contributed by atoms with Gasteiger partial charge in [0.1, 0.15) is 29.7 Å². The van der Waals surface area contributed by atoms with Crippen molar-refractivity contribution < 1.29 is 23.1 Å². The van der Waals surface area contributed by atoms with Crippen molar-refractivity contribution in [1.29, 1.82) is 0 Å². The van der Waals surface area contributed by atoms with Crippen LogP contribution in [-0.4, -0.2) is 66.5 Å². The summed E-state index contributed by atoms with van der Waals surface area (Å²) in [5.41, 5.74) is 8.09. The van der Waals surface area contributed by atoms with Crippen molar-refractivity contribution in [2.75, 3.05) is 12.3 Å². The molecule has 2 aromatic rings. The minimum Gasteiger partial charge on any atom is -0.492 e. The summed E-state index contributed by atoms with van der Waals surface area (Å²) in [4.78, 5) is 8.21. The number of ether oxygens (including phenoxy) is 1. The van der Waals surface area contributed by atoms with E-state index in [0.29, 0.717) is 16.6 Å². The summed E-state index contributed by atoms with van der Waals surface area (Å²) in [5.74, 6) is -0.288. The number of anilines is 1. The molecule has 40 heavy (non-hydrogen) atoms. The Morgan fingerprint density at radius 3 is 1.88 bits per heavy atom. The molecule has 0 unspecified atom stereocenters. The van der Waals surface area contributed by atoms with Gasteiger partial charge < -0.3 is 24.4 Å². The highest BCUT2D eigenvalue weighted by molar-refractivity contribution is 6.78. The molecule has 12 heteroatoms. The Hall–Kier alpha value is -1.61. The lowest BCUT2D eigenvalue weighted by atomic mass is 10.1. The van der Waals surface area contributed by atoms with Crippen molar-refractivity contribution in [3.05, 3.63) is 6.33 Å². The van der Waals surface area contributed by atoms with E-state index in [1.807, 2.05) is 0 Å². The van der Waals surface area contributed by atoms with E-state index < -0.39 is 41.2 Å². The zero-order valence-electron chi connectivity index (χ0n) is 26.5. The molecule has 0 aliphatic carbocycles. The van der Waals surface area contributed by atoms with Crippen molar-refractivity contribution in [2.45, 2.75) is 141 Å². The number of hydrogen-bond acceptors (Lipinski definition) is 8. The van der Waals surface area contributed by atoms with Crippen LogP contribution in [0, 0.1) is 0 Å². The summed E-state index contributed by atoms with van der Waals surface area (Å²) in [6.45, 7) is 26.7. The molecular formula is C28H52FN5O4Si2. The van der Waals surface area contributed by atoms with Crippen LogP contribution in [0.4, 0.5) is 10.2 Å². The van der Waals surface area contributed by atoms with Gasteiger partial charge in [-0.3, -0.25) is 0 Å². The lowest BCUT2D eigenvalue weighted by Crippen LogP contribution is -2.55. The Bertz CT molecular complexity index is 1100. The van der Waals surface area contributed by atoms with E-state index in [4.69, 9.17) is 19.3 Å². The van der Waals surface area contributed by atoms with E-state index in [0.717, 1.165) is 0 Å². The number of fused-ring (bicyclic) bond motifs is 1. The highest BCUT2D eigenvalue weighted by Gasteiger charge is 2.56. The van der Waals surface area contributed by atoms with Gasteiger partial charge in [0.15, 0.2) is 26.4 Å². The van der Waals surface area contributed by atoms with Gasteiger partial charge in [-0.25, -0.2) is 19.0 Å². The molecule has 0 saturated carbocycles. The highest BCUT2D eigenvalue weighted by Crippen LogP contribution is 2.48. The Kier molecular flexibility index (Phi) is 10.1. The predicted molar refractivity (Wildman–Crippen MR) is 163 cm³/mol. The lowest BCUT2D eigenvalue weighted by molar-refractivity contribution is -0.0480. The SMILES string of the molecule is CC(C)[Si](OC[C@@H]1O[C@H](n2nc(O)c3c(N)ncnc32)[C@@H](F)[C@H]1O[Si](C(C)C)(C(C)C)C(C)C)(C(C)C)C(C)C. The molecule has 1 fully saturated rings. The van der Waals surface area contributed by atoms with Crippen LogP contribution in [0.15, 0.2) is 6.33 Å². The molecule has 1 saturated heterocycles. The summed E-state index contributed by atoms with van der Waals surface area (Å²) >= 11 is 0. The van der Waals surface area contributed by atoms with Crippen LogP contribution in [-0.2, 0) is 13.6 Å². The van der Waals surface area contributed by atoms with Crippen LogP contribution < -0.4 is 5.73 Å². The van der Waals surface area contributed by atoms with Gasteiger partial charge >= 0.3 is 0 Å². The Morgan fingerprint density at radius 1 is 0.900 bits per heavy atom. The van der Waals surface area contributed by atoms with E-state index in [1.165, 1.54) is 11.0 Å². The molecule has 1 aliphatic heterocycles. The van der Waals surface area contributed by atoms with Crippen molar-refractivity contribution >= 4 is 33.5 Å². The fourth-order valence-corrected chi connectivity index (χ4v) is 18.7. The minimum atomic E-state index is -2.49. The van der Waals surface area contributed by atoms with Crippen LogP contribution in [0.25, 0.3) is 11.0 Å². The first-order valence-electron chi connectivity index (χ1n) is 14.8. The first-order valence-corrected chi connectivity index (χ1v) is 19.1. The number of rotatable bonds is 12. The third-order valence-electron chi connectivity index (χ3n) is 9.26. The molecule has 0 aromatic carbocycles. The van der Waals surface area contributed by atoms with Gasteiger partial charge in [0, 0.05) is 0 Å².